The van der Waals surface area contributed by atoms with Crippen molar-refractivity contribution >= 4 is 44.4 Å². The molecule has 3 aromatic heterocycles. The molecule has 0 atom stereocenters. The van der Waals surface area contributed by atoms with Crippen molar-refractivity contribution in [3.8, 4) is 0 Å². The van der Waals surface area contributed by atoms with E-state index in [9.17, 15) is 9.90 Å². The highest BCUT2D eigenvalue weighted by atomic mass is 32.1. The minimum Gasteiger partial charge on any atom is -0.393 e. The fourth-order valence-corrected chi connectivity index (χ4v) is 4.17. The lowest BCUT2D eigenvalue weighted by atomic mass is 9.93. The first-order valence-electron chi connectivity index (χ1n) is 8.35. The van der Waals surface area contributed by atoms with Gasteiger partial charge in [0.2, 0.25) is 0 Å². The Bertz CT molecular complexity index is 941. The van der Waals surface area contributed by atoms with Gasteiger partial charge in [0.15, 0.2) is 10.8 Å². The molecule has 9 heteroatoms. The number of aliphatic hydroxyl groups excluding tert-OH is 1. The molecule has 0 aromatic carbocycles. The van der Waals surface area contributed by atoms with Crippen molar-refractivity contribution in [2.24, 2.45) is 7.05 Å². The molecule has 3 aromatic rings. The van der Waals surface area contributed by atoms with E-state index in [1.54, 1.807) is 13.4 Å². The lowest BCUT2D eigenvalue weighted by Gasteiger charge is -2.25. The maximum Gasteiger partial charge on any atom is 0.280 e. The molecule has 132 valence electrons. The number of anilines is 1. The van der Waals surface area contributed by atoms with Gasteiger partial charge in [0, 0.05) is 20.1 Å². The maximum atomic E-state index is 12.6. The smallest absolute Gasteiger partial charge is 0.280 e. The van der Waals surface area contributed by atoms with Crippen LogP contribution in [-0.4, -0.2) is 49.7 Å². The second kappa shape index (κ2) is 6.23. The predicted molar refractivity (Wildman–Crippen MR) is 97.0 cm³/mol. The summed E-state index contributed by atoms with van der Waals surface area (Å²) in [6.07, 6.45) is 4.54. The number of nitrogens with zero attached hydrogens (tertiary/aromatic N) is 4. The van der Waals surface area contributed by atoms with Crippen molar-refractivity contribution < 1.29 is 9.90 Å². The van der Waals surface area contributed by atoms with Crippen molar-refractivity contribution in [2.75, 3.05) is 12.4 Å². The molecular weight excluding hydrogens is 340 g/mol. The quantitative estimate of drug-likeness (QED) is 0.656. The van der Waals surface area contributed by atoms with Crippen LogP contribution in [0.5, 0.6) is 0 Å². The number of fused-ring (bicyclic) bond motifs is 3. The molecule has 25 heavy (non-hydrogen) atoms. The van der Waals surface area contributed by atoms with Crippen LogP contribution in [0.25, 0.3) is 21.4 Å². The van der Waals surface area contributed by atoms with Crippen LogP contribution >= 0.6 is 11.3 Å². The molecule has 8 nitrogen and oxygen atoms in total. The van der Waals surface area contributed by atoms with E-state index in [1.165, 1.54) is 11.3 Å². The third kappa shape index (κ3) is 2.83. The van der Waals surface area contributed by atoms with Gasteiger partial charge < -0.3 is 20.3 Å². The topological polar surface area (TPSA) is 105 Å². The highest BCUT2D eigenvalue weighted by Gasteiger charge is 2.24. The van der Waals surface area contributed by atoms with Gasteiger partial charge >= 0.3 is 0 Å². The molecular formula is C16H20N6O2S. The van der Waals surface area contributed by atoms with Crippen LogP contribution < -0.4 is 10.6 Å². The zero-order valence-electron chi connectivity index (χ0n) is 14.1. The number of rotatable bonds is 3. The van der Waals surface area contributed by atoms with Crippen LogP contribution in [0.15, 0.2) is 6.33 Å². The molecule has 0 unspecified atom stereocenters. The lowest BCUT2D eigenvalue weighted by Crippen LogP contribution is -2.38. The van der Waals surface area contributed by atoms with Gasteiger partial charge in [-0.05, 0) is 25.7 Å². The summed E-state index contributed by atoms with van der Waals surface area (Å²) in [5, 5.41) is 16.1. The van der Waals surface area contributed by atoms with Gasteiger partial charge in [0.25, 0.3) is 5.91 Å². The molecule has 0 bridgehead atoms. The van der Waals surface area contributed by atoms with Gasteiger partial charge in [-0.25, -0.2) is 15.0 Å². The SMILES string of the molecule is CNc1nc2sc(C(=O)NC3CCC(O)CC3)nc2c2c1ncn2C. The number of imidazole rings is 1. The van der Waals surface area contributed by atoms with Crippen LogP contribution in [0.3, 0.4) is 0 Å². The number of aryl methyl sites for hydroxylation is 1. The Balaban J connectivity index is 1.68. The Morgan fingerprint density at radius 2 is 2.04 bits per heavy atom. The zero-order valence-corrected chi connectivity index (χ0v) is 14.9. The first-order chi connectivity index (χ1) is 12.1. The summed E-state index contributed by atoms with van der Waals surface area (Å²) in [5.41, 5.74) is 2.31. The standard InChI is InChI=1S/C16H20N6O2S/c1-17-13-10-12(22(2)7-18-10)11-15(21-13)25-16(20-11)14(24)19-8-3-5-9(23)6-4-8/h7-9,23H,3-6H2,1-2H3,(H,17,21)(H,19,24). The Morgan fingerprint density at radius 1 is 1.28 bits per heavy atom. The number of carbonyl (C=O) groups is 1. The van der Waals surface area contributed by atoms with E-state index in [2.05, 4.69) is 25.6 Å². The van der Waals surface area contributed by atoms with E-state index in [4.69, 9.17) is 0 Å². The monoisotopic (exact) mass is 360 g/mol. The summed E-state index contributed by atoms with van der Waals surface area (Å²) in [5.74, 6) is 0.505. The average molecular weight is 360 g/mol. The van der Waals surface area contributed by atoms with E-state index >= 15 is 0 Å². The number of thiazole rings is 1. The van der Waals surface area contributed by atoms with Crippen LogP contribution in [-0.2, 0) is 7.05 Å². The maximum absolute atomic E-state index is 12.6. The molecule has 4 rings (SSSR count). The lowest BCUT2D eigenvalue weighted by molar-refractivity contribution is 0.0867. The molecule has 3 N–H and O–H groups in total. The number of carbonyl (C=O) groups excluding carboxylic acids is 1. The fourth-order valence-electron chi connectivity index (χ4n) is 3.32. The van der Waals surface area contributed by atoms with Gasteiger partial charge in [0.05, 0.1) is 12.4 Å². The molecule has 0 radical (unpaired) electrons. The van der Waals surface area contributed by atoms with Gasteiger partial charge in [-0.15, -0.1) is 0 Å². The Labute approximate surface area is 148 Å². The van der Waals surface area contributed by atoms with Crippen molar-refractivity contribution in [3.05, 3.63) is 11.3 Å². The van der Waals surface area contributed by atoms with Gasteiger partial charge in [-0.1, -0.05) is 11.3 Å². The zero-order chi connectivity index (χ0) is 17.6. The molecule has 1 amide bonds. The van der Waals surface area contributed by atoms with E-state index in [-0.39, 0.29) is 18.1 Å². The second-order valence-corrected chi connectivity index (χ2v) is 7.39. The highest BCUT2D eigenvalue weighted by molar-refractivity contribution is 7.20. The van der Waals surface area contributed by atoms with E-state index in [0.29, 0.717) is 21.2 Å². The number of nitrogens with one attached hydrogen (secondary N) is 2. The number of aliphatic hydroxyl groups is 1. The van der Waals surface area contributed by atoms with Gasteiger partial charge in [0.1, 0.15) is 21.4 Å². The van der Waals surface area contributed by atoms with Gasteiger partial charge in [-0.3, -0.25) is 4.79 Å². The molecule has 0 saturated heterocycles. The highest BCUT2D eigenvalue weighted by Crippen LogP contribution is 2.31. The number of aromatic nitrogens is 4. The molecule has 0 aliphatic heterocycles. The fraction of sp³-hybridized carbons (Fsp3) is 0.500. The summed E-state index contributed by atoms with van der Waals surface area (Å²) >= 11 is 1.29. The van der Waals surface area contributed by atoms with Crippen LogP contribution in [0.1, 0.15) is 35.5 Å². The second-order valence-electron chi connectivity index (χ2n) is 6.41. The molecule has 1 fully saturated rings. The van der Waals surface area contributed by atoms with Gasteiger partial charge in [-0.2, -0.15) is 0 Å². The minimum absolute atomic E-state index is 0.0977. The van der Waals surface area contributed by atoms with E-state index in [1.807, 2.05) is 11.6 Å². The average Bonchev–Trinajstić information content (AvgIpc) is 3.19. The number of hydrogen-bond donors (Lipinski definition) is 3. The first kappa shape index (κ1) is 16.2. The van der Waals surface area contributed by atoms with E-state index < -0.39 is 0 Å². The summed E-state index contributed by atoms with van der Waals surface area (Å²) in [7, 11) is 3.70. The summed E-state index contributed by atoms with van der Waals surface area (Å²) < 4.78 is 1.89. The van der Waals surface area contributed by atoms with Crippen molar-refractivity contribution in [3.63, 3.8) is 0 Å². The third-order valence-corrected chi connectivity index (χ3v) is 5.62. The van der Waals surface area contributed by atoms with Crippen LogP contribution in [0, 0.1) is 0 Å². The number of pyridine rings is 1. The molecule has 0 spiro atoms. The number of amides is 1. The van der Waals surface area contributed by atoms with Crippen molar-refractivity contribution in [1.29, 1.82) is 0 Å². The summed E-state index contributed by atoms with van der Waals surface area (Å²) in [6.45, 7) is 0. The number of hydrogen-bond acceptors (Lipinski definition) is 7. The summed E-state index contributed by atoms with van der Waals surface area (Å²) in [6, 6.07) is 0.0977. The molecule has 3 heterocycles. The normalized spacial score (nSPS) is 20.9. The molecule has 1 saturated carbocycles. The van der Waals surface area contributed by atoms with Crippen molar-refractivity contribution in [1.82, 2.24) is 24.8 Å². The Hall–Kier alpha value is -2.26. The minimum atomic E-state index is -0.238. The Morgan fingerprint density at radius 3 is 2.76 bits per heavy atom. The predicted octanol–water partition coefficient (Wildman–Crippen LogP) is 1.65. The molecule has 1 aliphatic rings. The Kier molecular flexibility index (Phi) is 4.04. The summed E-state index contributed by atoms with van der Waals surface area (Å²) in [4.78, 5) is 26.8. The van der Waals surface area contributed by atoms with Crippen LogP contribution in [0.4, 0.5) is 5.82 Å². The van der Waals surface area contributed by atoms with Crippen LogP contribution in [0.2, 0.25) is 0 Å². The first-order valence-corrected chi connectivity index (χ1v) is 9.16. The third-order valence-electron chi connectivity index (χ3n) is 4.67. The van der Waals surface area contributed by atoms with E-state index in [0.717, 1.165) is 36.7 Å². The largest absolute Gasteiger partial charge is 0.393 e. The molecule has 1 aliphatic carbocycles. The van der Waals surface area contributed by atoms with Crippen molar-refractivity contribution in [2.45, 2.75) is 37.8 Å².